The normalized spacial score (nSPS) is 24.4. The lowest BCUT2D eigenvalue weighted by Crippen LogP contribution is -2.35. The predicted octanol–water partition coefficient (Wildman–Crippen LogP) is -0.452. The zero-order valence-electron chi connectivity index (χ0n) is 8.14. The van der Waals surface area contributed by atoms with Gasteiger partial charge in [-0.25, -0.2) is 0 Å². The van der Waals surface area contributed by atoms with Gasteiger partial charge in [-0.15, -0.1) is 0 Å². The molecule has 0 radical (unpaired) electrons. The molecule has 1 rings (SSSR count). The van der Waals surface area contributed by atoms with Crippen molar-refractivity contribution in [3.63, 3.8) is 0 Å². The van der Waals surface area contributed by atoms with E-state index in [9.17, 15) is 9.59 Å². The molecule has 0 bridgehead atoms. The third-order valence-corrected chi connectivity index (χ3v) is 2.49. The van der Waals surface area contributed by atoms with E-state index >= 15 is 0 Å². The van der Waals surface area contributed by atoms with E-state index in [0.29, 0.717) is 13.0 Å². The molecule has 0 saturated heterocycles. The maximum absolute atomic E-state index is 11.6. The van der Waals surface area contributed by atoms with Gasteiger partial charge >= 0.3 is 5.97 Å². The van der Waals surface area contributed by atoms with Gasteiger partial charge in [0.1, 0.15) is 0 Å². The minimum absolute atomic E-state index is 0.0793. The van der Waals surface area contributed by atoms with E-state index in [0.717, 1.165) is 0 Å². The topological polar surface area (TPSA) is 77.8 Å². The lowest BCUT2D eigenvalue weighted by atomic mass is 10.2. The van der Waals surface area contributed by atoms with Crippen molar-refractivity contribution in [2.24, 2.45) is 11.8 Å². The van der Waals surface area contributed by atoms with Gasteiger partial charge < -0.3 is 15.1 Å². The van der Waals surface area contributed by atoms with E-state index in [1.807, 2.05) is 6.92 Å². The van der Waals surface area contributed by atoms with Gasteiger partial charge in [-0.05, 0) is 13.3 Å². The first-order chi connectivity index (χ1) is 6.61. The molecule has 80 valence electrons. The molecule has 0 aromatic rings. The highest BCUT2D eigenvalue weighted by molar-refractivity contribution is 5.89. The Kier molecular flexibility index (Phi) is 3.46. The van der Waals surface area contributed by atoms with Crippen LogP contribution in [-0.2, 0) is 9.59 Å². The molecule has 14 heavy (non-hydrogen) atoms. The monoisotopic (exact) mass is 201 g/mol. The van der Waals surface area contributed by atoms with Crippen molar-refractivity contribution in [2.45, 2.75) is 13.3 Å². The standard InChI is InChI=1S/C9H15NO4/c1-2-10(3-4-11)8(12)6-5-7(6)9(13)14/h6-7,11H,2-5H2,1H3,(H,13,14). The van der Waals surface area contributed by atoms with Crippen LogP contribution in [0, 0.1) is 11.8 Å². The third kappa shape index (κ3) is 2.23. The molecule has 0 heterocycles. The number of aliphatic hydroxyl groups is 1. The summed E-state index contributed by atoms with van der Waals surface area (Å²) >= 11 is 0. The number of carboxylic acids is 1. The smallest absolute Gasteiger partial charge is 0.307 e. The molecular weight excluding hydrogens is 186 g/mol. The summed E-state index contributed by atoms with van der Waals surface area (Å²) in [4.78, 5) is 23.6. The van der Waals surface area contributed by atoms with Crippen LogP contribution in [0.1, 0.15) is 13.3 Å². The lowest BCUT2D eigenvalue weighted by Gasteiger charge is -2.19. The Bertz CT molecular complexity index is 241. The molecule has 0 aromatic heterocycles. The van der Waals surface area contributed by atoms with Crippen LogP contribution in [0.3, 0.4) is 0 Å². The Morgan fingerprint density at radius 3 is 2.43 bits per heavy atom. The Morgan fingerprint density at radius 1 is 1.43 bits per heavy atom. The number of carboxylic acid groups (broad SMARTS) is 1. The molecule has 0 aromatic carbocycles. The van der Waals surface area contributed by atoms with Gasteiger partial charge in [-0.3, -0.25) is 9.59 Å². The largest absolute Gasteiger partial charge is 0.481 e. The van der Waals surface area contributed by atoms with Crippen LogP contribution in [0.25, 0.3) is 0 Å². The fraction of sp³-hybridized carbons (Fsp3) is 0.778. The first-order valence-corrected chi connectivity index (χ1v) is 4.74. The highest BCUT2D eigenvalue weighted by atomic mass is 16.4. The van der Waals surface area contributed by atoms with Crippen LogP contribution in [0.2, 0.25) is 0 Å². The van der Waals surface area contributed by atoms with Gasteiger partial charge in [-0.1, -0.05) is 0 Å². The maximum Gasteiger partial charge on any atom is 0.307 e. The average Bonchev–Trinajstić information content (AvgIpc) is 2.92. The van der Waals surface area contributed by atoms with Crippen molar-refractivity contribution in [2.75, 3.05) is 19.7 Å². The molecule has 2 atom stereocenters. The fourth-order valence-corrected chi connectivity index (χ4v) is 1.52. The fourth-order valence-electron chi connectivity index (χ4n) is 1.52. The van der Waals surface area contributed by atoms with E-state index in [4.69, 9.17) is 10.2 Å². The van der Waals surface area contributed by atoms with E-state index in [2.05, 4.69) is 0 Å². The third-order valence-electron chi connectivity index (χ3n) is 2.49. The second kappa shape index (κ2) is 4.41. The summed E-state index contributed by atoms with van der Waals surface area (Å²) in [5.41, 5.74) is 0. The molecule has 1 amide bonds. The quantitative estimate of drug-likeness (QED) is 0.631. The van der Waals surface area contributed by atoms with Crippen LogP contribution >= 0.6 is 0 Å². The molecule has 5 nitrogen and oxygen atoms in total. The summed E-state index contributed by atoms with van der Waals surface area (Å²) in [5, 5.41) is 17.3. The van der Waals surface area contributed by atoms with Crippen LogP contribution in [0.5, 0.6) is 0 Å². The van der Waals surface area contributed by atoms with E-state index in [-0.39, 0.29) is 25.0 Å². The second-order valence-corrected chi connectivity index (χ2v) is 3.43. The number of likely N-dealkylation sites (N-methyl/N-ethyl adjacent to an activating group) is 1. The maximum atomic E-state index is 11.6. The number of rotatable bonds is 5. The predicted molar refractivity (Wildman–Crippen MR) is 48.6 cm³/mol. The van der Waals surface area contributed by atoms with Gasteiger partial charge in [0.05, 0.1) is 18.4 Å². The zero-order valence-corrected chi connectivity index (χ0v) is 8.14. The Labute approximate surface area is 82.3 Å². The van der Waals surface area contributed by atoms with Crippen LogP contribution < -0.4 is 0 Å². The number of carbonyl (C=O) groups excluding carboxylic acids is 1. The number of amides is 1. The van der Waals surface area contributed by atoms with Crippen molar-refractivity contribution >= 4 is 11.9 Å². The lowest BCUT2D eigenvalue weighted by molar-refractivity contribution is -0.142. The Hall–Kier alpha value is -1.10. The molecule has 1 aliphatic carbocycles. The van der Waals surface area contributed by atoms with Gasteiger partial charge in [0.25, 0.3) is 0 Å². The van der Waals surface area contributed by atoms with Crippen LogP contribution in [-0.4, -0.2) is 46.7 Å². The summed E-state index contributed by atoms with van der Waals surface area (Å²) in [6.07, 6.45) is 0.441. The van der Waals surface area contributed by atoms with Crippen molar-refractivity contribution in [1.82, 2.24) is 4.90 Å². The van der Waals surface area contributed by atoms with E-state index in [1.165, 1.54) is 4.90 Å². The highest BCUT2D eigenvalue weighted by Crippen LogP contribution is 2.39. The molecular formula is C9H15NO4. The number of aliphatic hydroxyl groups excluding tert-OH is 1. The summed E-state index contributed by atoms with van der Waals surface area (Å²) in [6, 6.07) is 0. The number of carbonyl (C=O) groups is 2. The van der Waals surface area contributed by atoms with Gasteiger partial charge in [0.2, 0.25) is 5.91 Å². The summed E-state index contributed by atoms with van der Waals surface area (Å²) in [7, 11) is 0. The molecule has 0 spiro atoms. The first kappa shape index (κ1) is 11.0. The number of hydrogen-bond acceptors (Lipinski definition) is 3. The molecule has 2 unspecified atom stereocenters. The molecule has 0 aliphatic heterocycles. The molecule has 1 fully saturated rings. The molecule has 1 saturated carbocycles. The summed E-state index contributed by atoms with van der Waals surface area (Å²) in [6.45, 7) is 2.54. The number of nitrogens with zero attached hydrogens (tertiary/aromatic N) is 1. The minimum atomic E-state index is -0.900. The minimum Gasteiger partial charge on any atom is -0.481 e. The molecule has 1 aliphatic rings. The second-order valence-electron chi connectivity index (χ2n) is 3.43. The first-order valence-electron chi connectivity index (χ1n) is 4.74. The van der Waals surface area contributed by atoms with Crippen molar-refractivity contribution in [3.05, 3.63) is 0 Å². The van der Waals surface area contributed by atoms with Crippen molar-refractivity contribution < 1.29 is 19.8 Å². The van der Waals surface area contributed by atoms with Crippen molar-refractivity contribution in [1.29, 1.82) is 0 Å². The van der Waals surface area contributed by atoms with E-state index < -0.39 is 11.9 Å². The SMILES string of the molecule is CCN(CCO)C(=O)C1CC1C(=O)O. The van der Waals surface area contributed by atoms with Crippen LogP contribution in [0.4, 0.5) is 0 Å². The molecule has 5 heteroatoms. The van der Waals surface area contributed by atoms with Crippen molar-refractivity contribution in [3.8, 4) is 0 Å². The van der Waals surface area contributed by atoms with Crippen LogP contribution in [0.15, 0.2) is 0 Å². The summed E-state index contributed by atoms with van der Waals surface area (Å²) in [5.74, 6) is -1.91. The van der Waals surface area contributed by atoms with Gasteiger partial charge in [-0.2, -0.15) is 0 Å². The average molecular weight is 201 g/mol. The van der Waals surface area contributed by atoms with Gasteiger partial charge in [0, 0.05) is 13.1 Å². The summed E-state index contributed by atoms with van der Waals surface area (Å²) < 4.78 is 0. The van der Waals surface area contributed by atoms with E-state index in [1.54, 1.807) is 0 Å². The Balaban J connectivity index is 2.45. The molecule has 2 N–H and O–H groups in total. The number of hydrogen-bond donors (Lipinski definition) is 2. The Morgan fingerprint density at radius 2 is 2.07 bits per heavy atom. The van der Waals surface area contributed by atoms with Gasteiger partial charge in [0.15, 0.2) is 0 Å². The highest BCUT2D eigenvalue weighted by Gasteiger charge is 2.49. The number of aliphatic carboxylic acids is 1. The zero-order chi connectivity index (χ0) is 10.7.